The van der Waals surface area contributed by atoms with Crippen LogP contribution in [0.15, 0.2) is 11.6 Å². The lowest BCUT2D eigenvalue weighted by atomic mass is 9.47. The Morgan fingerprint density at radius 3 is 2.11 bits per heavy atom. The lowest BCUT2D eigenvalue weighted by Crippen LogP contribution is -2.66. The first-order chi connectivity index (χ1) is 28.9. The van der Waals surface area contributed by atoms with Gasteiger partial charge in [-0.05, 0) is 98.7 Å². The van der Waals surface area contributed by atoms with E-state index in [2.05, 4.69) is 33.8 Å². The van der Waals surface area contributed by atoms with Crippen LogP contribution in [0.1, 0.15) is 92.4 Å². The van der Waals surface area contributed by atoms with E-state index in [-0.39, 0.29) is 16.9 Å². The molecule has 0 aromatic rings. The van der Waals surface area contributed by atoms with Gasteiger partial charge in [0.15, 0.2) is 30.9 Å². The molecule has 4 aliphatic carbocycles. The Morgan fingerprint density at radius 2 is 1.41 bits per heavy atom. The number of rotatable bonds is 7. The van der Waals surface area contributed by atoms with Crippen LogP contribution in [0.5, 0.6) is 0 Å². The van der Waals surface area contributed by atoms with E-state index in [1.165, 1.54) is 12.5 Å². The second-order valence-electron chi connectivity index (χ2n) is 20.7. The Labute approximate surface area is 357 Å². The first kappa shape index (κ1) is 45.2. The normalized spacial score (nSPS) is 58.4. The molecule has 5 heterocycles. The summed E-state index contributed by atoms with van der Waals surface area (Å²) in [6.07, 6.45) is -13.3. The fourth-order valence-electron chi connectivity index (χ4n) is 13.8. The molecule has 0 aromatic carbocycles. The fourth-order valence-corrected chi connectivity index (χ4v) is 13.8. The molecular formula is C44H70O17. The van der Waals surface area contributed by atoms with Crippen molar-refractivity contribution in [3.63, 3.8) is 0 Å². The van der Waals surface area contributed by atoms with Crippen molar-refractivity contribution in [1.82, 2.24) is 0 Å². The summed E-state index contributed by atoms with van der Waals surface area (Å²) in [6, 6.07) is 0. The number of allylic oxidation sites excluding steroid dienone is 1. The van der Waals surface area contributed by atoms with Crippen molar-refractivity contribution in [3.8, 4) is 0 Å². The van der Waals surface area contributed by atoms with E-state index < -0.39 is 111 Å². The molecule has 3 saturated carbocycles. The van der Waals surface area contributed by atoms with Gasteiger partial charge in [0.1, 0.15) is 61.0 Å². The molecule has 17 nitrogen and oxygen atoms in total. The molecule has 5 aliphatic heterocycles. The number of aliphatic hydroxyl groups is 9. The standard InChI is InChI=1S/C44H70O17/c1-18-8-13-44(54-17-18)19(2)28-26(61-44)15-25-23-7-6-21-14-22(9-11-42(21,4)24(23)10-12-43(25,28)5)56-41-37(59-40-34(51)31(48)32(49)38(53)60-40)35(52)36(27(16-45)57-41)58-39-33(50)30(47)29(46)20(3)55-39/h6,18-20,22-41,45-53H,7-17H2,1-5H3/t18?,19-,20-,22-,23?,24?,25?,26-,27+,28-,29-,30+,31+,32+,33+,34+,35+,36+,37+,38+,39-,40+,41+,42-,43-,44+/m0/s1. The van der Waals surface area contributed by atoms with Crippen molar-refractivity contribution in [2.24, 2.45) is 46.3 Å². The van der Waals surface area contributed by atoms with Crippen LogP contribution in [-0.4, -0.2) is 169 Å². The molecule has 61 heavy (non-hydrogen) atoms. The topological polar surface area (TPSA) is 256 Å². The summed E-state index contributed by atoms with van der Waals surface area (Å²) >= 11 is 0. The number of fused-ring (bicyclic) bond motifs is 7. The van der Waals surface area contributed by atoms with Crippen molar-refractivity contribution in [2.45, 2.75) is 203 Å². The van der Waals surface area contributed by atoms with Gasteiger partial charge in [-0.2, -0.15) is 0 Å². The minimum atomic E-state index is -1.94. The third-order valence-corrected chi connectivity index (χ3v) is 17.4. The number of aliphatic hydroxyl groups excluding tert-OH is 9. The Morgan fingerprint density at radius 1 is 0.705 bits per heavy atom. The van der Waals surface area contributed by atoms with Crippen LogP contribution in [0.25, 0.3) is 0 Å². The maximum atomic E-state index is 11.9. The van der Waals surface area contributed by atoms with Crippen LogP contribution in [0.3, 0.4) is 0 Å². The molecule has 0 bridgehead atoms. The minimum absolute atomic E-state index is 0.0448. The molecule has 348 valence electrons. The molecule has 17 heteroatoms. The van der Waals surface area contributed by atoms with Gasteiger partial charge in [0, 0.05) is 12.3 Å². The van der Waals surface area contributed by atoms with Crippen LogP contribution in [-0.2, 0) is 37.9 Å². The van der Waals surface area contributed by atoms with Gasteiger partial charge in [-0.25, -0.2) is 0 Å². The third-order valence-electron chi connectivity index (χ3n) is 17.4. The summed E-state index contributed by atoms with van der Waals surface area (Å²) in [5.74, 6) is 2.53. The van der Waals surface area contributed by atoms with E-state index in [0.717, 1.165) is 51.6 Å². The summed E-state index contributed by atoms with van der Waals surface area (Å²) in [4.78, 5) is 0. The third kappa shape index (κ3) is 7.41. The van der Waals surface area contributed by atoms with E-state index in [0.29, 0.717) is 48.3 Å². The fraction of sp³-hybridized carbons (Fsp3) is 0.955. The van der Waals surface area contributed by atoms with Crippen LogP contribution in [0, 0.1) is 46.3 Å². The predicted molar refractivity (Wildman–Crippen MR) is 209 cm³/mol. The smallest absolute Gasteiger partial charge is 0.189 e. The van der Waals surface area contributed by atoms with Crippen molar-refractivity contribution in [2.75, 3.05) is 13.2 Å². The zero-order valence-electron chi connectivity index (χ0n) is 35.9. The lowest BCUT2D eigenvalue weighted by molar-refractivity contribution is -0.400. The van der Waals surface area contributed by atoms with Gasteiger partial charge in [-0.1, -0.05) is 39.3 Å². The van der Waals surface area contributed by atoms with Crippen molar-refractivity contribution in [1.29, 1.82) is 0 Å². The summed E-state index contributed by atoms with van der Waals surface area (Å²) in [7, 11) is 0. The maximum absolute atomic E-state index is 11.9. The maximum Gasteiger partial charge on any atom is 0.189 e. The second kappa shape index (κ2) is 16.7. The SMILES string of the molecule is CC1CC[C@@]2(OC1)O[C@H]1CC3C4CC=C5C[C@@H](O[C@@H]6O[C@H](CO)[C@@H](O[C@@H]7O[C@@H](C)[C@H](O)[C@@H](O)[C@H]7O)[C@@H](O)[C@H]6O[C@@H]6O[C@@H](O)[C@H](O)[C@@H](O)[C@H]6O)CC[C@]5(C)C4CC[C@]3(C)[C@H]1[C@@H]2C. The molecule has 0 amide bonds. The Kier molecular flexibility index (Phi) is 12.4. The zero-order chi connectivity index (χ0) is 43.5. The molecule has 5 saturated heterocycles. The predicted octanol–water partition coefficient (Wildman–Crippen LogP) is 0.172. The van der Waals surface area contributed by atoms with E-state index in [1.54, 1.807) is 0 Å². The number of hydrogen-bond donors (Lipinski definition) is 9. The van der Waals surface area contributed by atoms with Crippen LogP contribution < -0.4 is 0 Å². The molecule has 1 spiro atoms. The van der Waals surface area contributed by atoms with Crippen molar-refractivity contribution >= 4 is 0 Å². The minimum Gasteiger partial charge on any atom is -0.394 e. The number of hydrogen-bond acceptors (Lipinski definition) is 17. The van der Waals surface area contributed by atoms with Gasteiger partial charge in [-0.15, -0.1) is 0 Å². The first-order valence-corrected chi connectivity index (χ1v) is 22.9. The van der Waals surface area contributed by atoms with Crippen molar-refractivity contribution in [3.05, 3.63) is 11.6 Å². The van der Waals surface area contributed by atoms with Crippen LogP contribution >= 0.6 is 0 Å². The Hall–Kier alpha value is -0.940. The highest BCUT2D eigenvalue weighted by Gasteiger charge is 2.69. The average molecular weight is 871 g/mol. The second-order valence-corrected chi connectivity index (χ2v) is 20.7. The van der Waals surface area contributed by atoms with Gasteiger partial charge >= 0.3 is 0 Å². The summed E-state index contributed by atoms with van der Waals surface area (Å²) in [5, 5.41) is 95.5. The Balaban J connectivity index is 0.916. The van der Waals surface area contributed by atoms with Crippen molar-refractivity contribution < 1.29 is 83.9 Å². The first-order valence-electron chi connectivity index (χ1n) is 22.9. The van der Waals surface area contributed by atoms with Gasteiger partial charge < -0.3 is 83.9 Å². The van der Waals surface area contributed by atoms with E-state index in [9.17, 15) is 46.0 Å². The average Bonchev–Trinajstić information content (AvgIpc) is 3.69. The Bertz CT molecular complexity index is 1590. The molecule has 8 fully saturated rings. The molecule has 9 aliphatic rings. The highest BCUT2D eigenvalue weighted by Crippen LogP contribution is 2.70. The summed E-state index contributed by atoms with van der Waals surface area (Å²) < 4.78 is 49.3. The molecule has 9 N–H and O–H groups in total. The van der Waals surface area contributed by atoms with Gasteiger partial charge in [0.05, 0.1) is 31.5 Å². The highest BCUT2D eigenvalue weighted by molar-refractivity contribution is 5.26. The number of ether oxygens (including phenoxy) is 8. The van der Waals surface area contributed by atoms with Gasteiger partial charge in [0.2, 0.25) is 0 Å². The summed E-state index contributed by atoms with van der Waals surface area (Å²) in [6.45, 7) is 11.1. The van der Waals surface area contributed by atoms with Crippen LogP contribution in [0.2, 0.25) is 0 Å². The zero-order valence-corrected chi connectivity index (χ0v) is 35.9. The molecule has 4 unspecified atom stereocenters. The van der Waals surface area contributed by atoms with Gasteiger partial charge in [0.25, 0.3) is 0 Å². The molecule has 26 atom stereocenters. The quantitative estimate of drug-likeness (QED) is 0.155. The summed E-state index contributed by atoms with van der Waals surface area (Å²) in [5.41, 5.74) is 1.46. The molecule has 0 radical (unpaired) electrons. The molecular weight excluding hydrogens is 800 g/mol. The largest absolute Gasteiger partial charge is 0.394 e. The van der Waals surface area contributed by atoms with Crippen LogP contribution in [0.4, 0.5) is 0 Å². The van der Waals surface area contributed by atoms with E-state index in [4.69, 9.17) is 37.9 Å². The van der Waals surface area contributed by atoms with Gasteiger partial charge in [-0.3, -0.25) is 0 Å². The monoisotopic (exact) mass is 870 g/mol. The van der Waals surface area contributed by atoms with E-state index >= 15 is 0 Å². The molecule has 0 aromatic heterocycles. The lowest BCUT2D eigenvalue weighted by Gasteiger charge is -2.58. The van der Waals surface area contributed by atoms with E-state index in [1.807, 2.05) is 0 Å². The molecule has 9 rings (SSSR count). The highest BCUT2D eigenvalue weighted by atomic mass is 16.8.